The van der Waals surface area contributed by atoms with E-state index < -0.39 is 30.2 Å². The number of halogens is 3. The highest BCUT2D eigenvalue weighted by atomic mass is 19.4. The molecule has 0 atom stereocenters. The zero-order valence-electron chi connectivity index (χ0n) is 18.5. The zero-order chi connectivity index (χ0) is 24.7. The number of carbonyl (C=O) groups excluding carboxylic acids is 2. The number of ether oxygens (including phenoxy) is 1. The van der Waals surface area contributed by atoms with E-state index in [2.05, 4.69) is 10.3 Å². The van der Waals surface area contributed by atoms with Gasteiger partial charge in [-0.1, -0.05) is 41.6 Å². The summed E-state index contributed by atoms with van der Waals surface area (Å²) in [6.07, 6.45) is -2.97. The first kappa shape index (κ1) is 24.7. The maximum Gasteiger partial charge on any atom is 0.416 e. The number of carbonyl (C=O) groups is 2. The Morgan fingerprint density at radius 2 is 1.85 bits per heavy atom. The highest BCUT2D eigenvalue weighted by Crippen LogP contribution is 2.31. The van der Waals surface area contributed by atoms with Gasteiger partial charge in [-0.2, -0.15) is 23.3 Å². The van der Waals surface area contributed by atoms with Gasteiger partial charge < -0.3 is 9.26 Å². The summed E-state index contributed by atoms with van der Waals surface area (Å²) in [6.45, 7) is 2.78. The molecule has 0 fully saturated rings. The Morgan fingerprint density at radius 1 is 1.12 bits per heavy atom. The second-order valence-corrected chi connectivity index (χ2v) is 7.37. The van der Waals surface area contributed by atoms with Crippen molar-refractivity contribution in [1.82, 2.24) is 5.16 Å². The lowest BCUT2D eigenvalue weighted by Gasteiger charge is -2.18. The standard InChI is InChI=1S/C24H22F3N3O4/c1-16-21(17(2)34-29-16)11-12-23(32)33-15-22(31)30(28-14-18-7-4-3-5-8-18)20-10-6-9-19(13-20)24(25,26)27/h3-10,13-14H,11-12,15H2,1-2H3. The SMILES string of the molecule is Cc1noc(C)c1CCC(=O)OCC(=O)N(N=Cc1ccccc1)c1cccc(C(F)(F)F)c1. The van der Waals surface area contributed by atoms with Crippen molar-refractivity contribution in [2.45, 2.75) is 32.9 Å². The van der Waals surface area contributed by atoms with Crippen LogP contribution in [0.4, 0.5) is 18.9 Å². The first-order valence-corrected chi connectivity index (χ1v) is 10.3. The van der Waals surface area contributed by atoms with E-state index in [1.807, 2.05) is 0 Å². The molecule has 1 amide bonds. The summed E-state index contributed by atoms with van der Waals surface area (Å²) >= 11 is 0. The van der Waals surface area contributed by atoms with Gasteiger partial charge >= 0.3 is 12.1 Å². The van der Waals surface area contributed by atoms with Crippen LogP contribution in [0.15, 0.2) is 64.2 Å². The second-order valence-electron chi connectivity index (χ2n) is 7.37. The summed E-state index contributed by atoms with van der Waals surface area (Å²) < 4.78 is 49.6. The lowest BCUT2D eigenvalue weighted by molar-refractivity contribution is -0.147. The number of hydrogen-bond donors (Lipinski definition) is 0. The van der Waals surface area contributed by atoms with E-state index in [-0.39, 0.29) is 12.1 Å². The highest BCUT2D eigenvalue weighted by Gasteiger charge is 2.31. The monoisotopic (exact) mass is 473 g/mol. The van der Waals surface area contributed by atoms with Gasteiger partial charge in [0, 0.05) is 12.0 Å². The third-order valence-corrected chi connectivity index (χ3v) is 4.89. The van der Waals surface area contributed by atoms with E-state index in [1.54, 1.807) is 44.2 Å². The average molecular weight is 473 g/mol. The minimum absolute atomic E-state index is 0.0208. The number of esters is 1. The summed E-state index contributed by atoms with van der Waals surface area (Å²) in [5, 5.41) is 8.65. The van der Waals surface area contributed by atoms with Gasteiger partial charge in [0.15, 0.2) is 6.61 Å². The largest absolute Gasteiger partial charge is 0.455 e. The van der Waals surface area contributed by atoms with Crippen molar-refractivity contribution in [3.63, 3.8) is 0 Å². The van der Waals surface area contributed by atoms with Gasteiger partial charge in [0.1, 0.15) is 5.76 Å². The van der Waals surface area contributed by atoms with Crippen molar-refractivity contribution >= 4 is 23.8 Å². The first-order chi connectivity index (χ1) is 16.1. The minimum atomic E-state index is -4.60. The van der Waals surface area contributed by atoms with Gasteiger partial charge in [-0.3, -0.25) is 9.59 Å². The predicted octanol–water partition coefficient (Wildman–Crippen LogP) is 4.85. The molecule has 178 valence electrons. The number of aryl methyl sites for hydroxylation is 2. The topological polar surface area (TPSA) is 85.0 Å². The van der Waals surface area contributed by atoms with Crippen LogP contribution in [0.1, 0.15) is 34.6 Å². The molecule has 34 heavy (non-hydrogen) atoms. The Balaban J connectivity index is 1.73. The van der Waals surface area contributed by atoms with Crippen molar-refractivity contribution < 1.29 is 32.0 Å². The molecule has 0 aliphatic heterocycles. The van der Waals surface area contributed by atoms with Crippen molar-refractivity contribution in [3.05, 3.63) is 82.7 Å². The van der Waals surface area contributed by atoms with Crippen LogP contribution >= 0.6 is 0 Å². The minimum Gasteiger partial charge on any atom is -0.455 e. The van der Waals surface area contributed by atoms with E-state index in [9.17, 15) is 22.8 Å². The van der Waals surface area contributed by atoms with Gasteiger partial charge in [0.25, 0.3) is 5.91 Å². The molecule has 0 radical (unpaired) electrons. The molecule has 0 aliphatic carbocycles. The van der Waals surface area contributed by atoms with Crippen LogP contribution < -0.4 is 5.01 Å². The quantitative estimate of drug-likeness (QED) is 0.265. The summed E-state index contributed by atoms with van der Waals surface area (Å²) in [5.41, 5.74) is 1.02. The molecule has 0 saturated carbocycles. The second kappa shape index (κ2) is 10.8. The lowest BCUT2D eigenvalue weighted by atomic mass is 10.1. The molecule has 1 heterocycles. The van der Waals surface area contributed by atoms with Crippen LogP contribution in [0.3, 0.4) is 0 Å². The van der Waals surface area contributed by atoms with Crippen molar-refractivity contribution in [2.75, 3.05) is 11.6 Å². The number of anilines is 1. The number of benzene rings is 2. The fraction of sp³-hybridized carbons (Fsp3) is 0.250. The molecule has 2 aromatic carbocycles. The van der Waals surface area contributed by atoms with E-state index in [4.69, 9.17) is 9.26 Å². The van der Waals surface area contributed by atoms with E-state index in [1.165, 1.54) is 18.3 Å². The van der Waals surface area contributed by atoms with Gasteiger partial charge in [-0.05, 0) is 44.0 Å². The maximum atomic E-state index is 13.2. The highest BCUT2D eigenvalue weighted by molar-refractivity contribution is 5.96. The van der Waals surface area contributed by atoms with E-state index in [0.717, 1.165) is 22.7 Å². The third-order valence-electron chi connectivity index (χ3n) is 4.89. The Bertz CT molecular complexity index is 1150. The molecular weight excluding hydrogens is 451 g/mol. The summed E-state index contributed by atoms with van der Waals surface area (Å²) in [5.74, 6) is -0.867. The van der Waals surface area contributed by atoms with Crippen LogP contribution in [-0.2, 0) is 26.9 Å². The first-order valence-electron chi connectivity index (χ1n) is 10.3. The number of aromatic nitrogens is 1. The van der Waals surface area contributed by atoms with Gasteiger partial charge in [-0.25, -0.2) is 0 Å². The molecule has 0 unspecified atom stereocenters. The van der Waals surface area contributed by atoms with E-state index >= 15 is 0 Å². The van der Waals surface area contributed by atoms with Crippen LogP contribution in [-0.4, -0.2) is 29.9 Å². The molecule has 0 aliphatic rings. The van der Waals surface area contributed by atoms with Crippen molar-refractivity contribution in [3.8, 4) is 0 Å². The molecule has 10 heteroatoms. The van der Waals surface area contributed by atoms with Gasteiger partial charge in [0.2, 0.25) is 0 Å². The molecule has 0 saturated heterocycles. The number of alkyl halides is 3. The van der Waals surface area contributed by atoms with Crippen LogP contribution in [0.25, 0.3) is 0 Å². The zero-order valence-corrected chi connectivity index (χ0v) is 18.5. The molecule has 1 aromatic heterocycles. The predicted molar refractivity (Wildman–Crippen MR) is 118 cm³/mol. The summed E-state index contributed by atoms with van der Waals surface area (Å²) in [6, 6.07) is 12.9. The molecule has 0 spiro atoms. The molecule has 7 nitrogen and oxygen atoms in total. The summed E-state index contributed by atoms with van der Waals surface area (Å²) in [7, 11) is 0. The van der Waals surface area contributed by atoms with E-state index in [0.29, 0.717) is 23.4 Å². The van der Waals surface area contributed by atoms with Crippen molar-refractivity contribution in [1.29, 1.82) is 0 Å². The number of nitrogens with zero attached hydrogens (tertiary/aromatic N) is 3. The lowest BCUT2D eigenvalue weighted by Crippen LogP contribution is -2.31. The maximum absolute atomic E-state index is 13.2. The molecule has 3 rings (SSSR count). The number of hydrogen-bond acceptors (Lipinski definition) is 6. The molecule has 0 N–H and O–H groups in total. The van der Waals surface area contributed by atoms with Crippen LogP contribution in [0, 0.1) is 13.8 Å². The number of amides is 1. The number of hydrazone groups is 1. The van der Waals surface area contributed by atoms with Crippen LogP contribution in [0.5, 0.6) is 0 Å². The van der Waals surface area contributed by atoms with Crippen LogP contribution in [0.2, 0.25) is 0 Å². The normalized spacial score (nSPS) is 11.6. The Kier molecular flexibility index (Phi) is 7.83. The fourth-order valence-electron chi connectivity index (χ4n) is 3.11. The molecular formula is C24H22F3N3O4. The average Bonchev–Trinajstić information content (AvgIpc) is 3.13. The Hall–Kier alpha value is -3.95. The third kappa shape index (κ3) is 6.53. The summed E-state index contributed by atoms with van der Waals surface area (Å²) in [4.78, 5) is 25.0. The fourth-order valence-corrected chi connectivity index (χ4v) is 3.11. The Labute approximate surface area is 193 Å². The Morgan fingerprint density at radius 3 is 2.50 bits per heavy atom. The van der Waals surface area contributed by atoms with Gasteiger partial charge in [0.05, 0.1) is 23.2 Å². The van der Waals surface area contributed by atoms with Gasteiger partial charge in [-0.15, -0.1) is 0 Å². The van der Waals surface area contributed by atoms with Crippen molar-refractivity contribution in [2.24, 2.45) is 5.10 Å². The molecule has 0 bridgehead atoms. The molecule has 3 aromatic rings. The number of rotatable bonds is 8. The smallest absolute Gasteiger partial charge is 0.416 e.